The molecule has 0 fully saturated rings. The number of hydrogen-bond donors (Lipinski definition) is 2. The number of Topliss-reactive ketones (excluding diaryl/α,β-unsaturated/α-hetero) is 1. The van der Waals surface area contributed by atoms with Crippen molar-refractivity contribution in [1.82, 2.24) is 15.6 Å². The van der Waals surface area contributed by atoms with Gasteiger partial charge in [-0.1, -0.05) is 64.2 Å². The summed E-state index contributed by atoms with van der Waals surface area (Å²) >= 11 is 5.29. The van der Waals surface area contributed by atoms with E-state index in [9.17, 15) is 14.4 Å². The fourth-order valence-corrected chi connectivity index (χ4v) is 4.02. The maximum atomic E-state index is 13.8. The second-order valence-electron chi connectivity index (χ2n) is 9.76. The molecular formula is C27H33N5O3S. The number of thiocarbonyl (C=S) groups is 1. The van der Waals surface area contributed by atoms with Gasteiger partial charge in [0, 0.05) is 17.2 Å². The molecule has 1 aliphatic rings. The number of amides is 2. The minimum absolute atomic E-state index is 0.114. The van der Waals surface area contributed by atoms with Gasteiger partial charge in [0.2, 0.25) is 12.1 Å². The first-order valence-corrected chi connectivity index (χ1v) is 12.5. The number of fused-ring (bicyclic) bond motifs is 1. The quantitative estimate of drug-likeness (QED) is 0.531. The van der Waals surface area contributed by atoms with E-state index in [0.717, 1.165) is 6.42 Å². The average Bonchev–Trinajstić information content (AvgIpc) is 2.94. The van der Waals surface area contributed by atoms with Gasteiger partial charge >= 0.3 is 0 Å². The Bertz CT molecular complexity index is 1170. The van der Waals surface area contributed by atoms with Crippen LogP contribution in [0.1, 0.15) is 58.7 Å². The van der Waals surface area contributed by atoms with Gasteiger partial charge in [0.05, 0.1) is 28.6 Å². The highest BCUT2D eigenvalue weighted by Gasteiger charge is 2.36. The van der Waals surface area contributed by atoms with Gasteiger partial charge < -0.3 is 15.5 Å². The number of carbonyl (C=O) groups excluding carboxylic acids is 3. The number of benzodiazepines with no additional fused rings is 1. The van der Waals surface area contributed by atoms with Crippen molar-refractivity contribution in [2.45, 2.75) is 59.7 Å². The number of para-hydroxylation sites is 1. The Morgan fingerprint density at radius 1 is 1.14 bits per heavy atom. The Hall–Kier alpha value is -3.46. The van der Waals surface area contributed by atoms with Crippen LogP contribution in [0.25, 0.3) is 0 Å². The molecule has 0 saturated carbocycles. The zero-order valence-corrected chi connectivity index (χ0v) is 22.2. The van der Waals surface area contributed by atoms with Gasteiger partial charge in [-0.2, -0.15) is 0 Å². The second kappa shape index (κ2) is 11.5. The van der Waals surface area contributed by atoms with Crippen molar-refractivity contribution in [1.29, 1.82) is 0 Å². The molecule has 2 aromatic rings. The van der Waals surface area contributed by atoms with Crippen molar-refractivity contribution in [3.05, 3.63) is 59.9 Å². The summed E-state index contributed by atoms with van der Waals surface area (Å²) in [4.78, 5) is 51.0. The molecule has 1 aliphatic heterocycles. The van der Waals surface area contributed by atoms with Crippen molar-refractivity contribution in [2.24, 2.45) is 10.4 Å². The molecule has 2 amide bonds. The van der Waals surface area contributed by atoms with Crippen LogP contribution in [0.4, 0.5) is 5.69 Å². The first-order chi connectivity index (χ1) is 17.0. The van der Waals surface area contributed by atoms with Crippen LogP contribution in [0.15, 0.2) is 53.7 Å². The number of hydrogen-bond acceptors (Lipinski definition) is 6. The van der Waals surface area contributed by atoms with Crippen molar-refractivity contribution < 1.29 is 14.4 Å². The molecule has 3 rings (SSSR count). The molecule has 8 nitrogen and oxygen atoms in total. The fourth-order valence-electron chi connectivity index (χ4n) is 3.64. The van der Waals surface area contributed by atoms with Crippen molar-refractivity contribution >= 4 is 46.2 Å². The summed E-state index contributed by atoms with van der Waals surface area (Å²) in [5.74, 6) is -1.04. The van der Waals surface area contributed by atoms with E-state index < -0.39 is 29.4 Å². The zero-order valence-electron chi connectivity index (χ0n) is 21.4. The van der Waals surface area contributed by atoms with E-state index >= 15 is 0 Å². The Balaban J connectivity index is 2.05. The van der Waals surface area contributed by atoms with Crippen LogP contribution in [0.2, 0.25) is 0 Å². The number of aliphatic imine (C=N–C) groups is 1. The van der Waals surface area contributed by atoms with Gasteiger partial charge in [-0.05, 0) is 38.0 Å². The summed E-state index contributed by atoms with van der Waals surface area (Å²) in [6.07, 6.45) is 1.91. The zero-order chi connectivity index (χ0) is 26.5. The van der Waals surface area contributed by atoms with Crippen LogP contribution < -0.4 is 15.5 Å². The largest absolute Gasteiger partial charge is 0.368 e. The Morgan fingerprint density at radius 2 is 1.83 bits per heavy atom. The third-order valence-electron chi connectivity index (χ3n) is 5.78. The smallest absolute Gasteiger partial charge is 0.272 e. The molecule has 2 N–H and O–H groups in total. The second-order valence-corrected chi connectivity index (χ2v) is 10.3. The topological polar surface area (TPSA) is 104 Å². The predicted molar refractivity (Wildman–Crippen MR) is 145 cm³/mol. The molecular weight excluding hydrogens is 474 g/mol. The summed E-state index contributed by atoms with van der Waals surface area (Å²) in [6.45, 7) is 8.96. The van der Waals surface area contributed by atoms with E-state index in [0.29, 0.717) is 34.1 Å². The number of anilines is 1. The van der Waals surface area contributed by atoms with Gasteiger partial charge in [-0.15, -0.1) is 0 Å². The van der Waals surface area contributed by atoms with Crippen LogP contribution in [0, 0.1) is 5.41 Å². The minimum Gasteiger partial charge on any atom is -0.368 e. The molecule has 1 aromatic heterocycles. The molecule has 0 spiro atoms. The summed E-state index contributed by atoms with van der Waals surface area (Å²) in [7, 11) is 0. The summed E-state index contributed by atoms with van der Waals surface area (Å²) < 4.78 is 0. The van der Waals surface area contributed by atoms with Crippen LogP contribution in [-0.2, 0) is 14.4 Å². The number of aromatic nitrogens is 1. The fraction of sp³-hybridized carbons (Fsp3) is 0.407. The van der Waals surface area contributed by atoms with Gasteiger partial charge in [-0.25, -0.2) is 4.99 Å². The van der Waals surface area contributed by atoms with Gasteiger partial charge in [0.15, 0.2) is 5.78 Å². The summed E-state index contributed by atoms with van der Waals surface area (Å²) in [6, 6.07) is 12.0. The standard InChI is InChI=1S/C27H33N5O3S/c1-6-11-22(36)29-17(2)25(34)31-24-26(35)32(16-21(33)27(3,4)5)20-14-8-7-12-18(20)23(30-24)19-13-9-10-15-28-19/h7-10,12-15,17,24H,6,11,16H2,1-5H3,(H,29,36)(H,31,34)/t17-,24?/m0/s1. The van der Waals surface area contributed by atoms with Crippen LogP contribution >= 0.6 is 12.2 Å². The molecule has 2 heterocycles. The Morgan fingerprint density at radius 3 is 2.47 bits per heavy atom. The third-order valence-corrected chi connectivity index (χ3v) is 6.10. The van der Waals surface area contributed by atoms with Gasteiger partial charge in [0.1, 0.15) is 6.04 Å². The van der Waals surface area contributed by atoms with E-state index in [1.165, 1.54) is 4.90 Å². The number of benzene rings is 1. The summed E-state index contributed by atoms with van der Waals surface area (Å²) in [5.41, 5.74) is 1.54. The molecule has 9 heteroatoms. The number of nitrogens with one attached hydrogen (secondary N) is 2. The monoisotopic (exact) mass is 507 g/mol. The molecule has 36 heavy (non-hydrogen) atoms. The van der Waals surface area contributed by atoms with E-state index in [4.69, 9.17) is 12.2 Å². The van der Waals surface area contributed by atoms with Crippen molar-refractivity contribution in [2.75, 3.05) is 11.4 Å². The number of nitrogens with zero attached hydrogens (tertiary/aromatic N) is 3. The SMILES string of the molecule is CCCC(=S)N[C@@H](C)C(=O)NC1N=C(c2ccccn2)c2ccccc2N(CC(=O)C(C)(C)C)C1=O. The molecule has 0 bridgehead atoms. The van der Waals surface area contributed by atoms with Crippen LogP contribution in [0.3, 0.4) is 0 Å². The van der Waals surface area contributed by atoms with E-state index in [1.807, 2.05) is 45.9 Å². The van der Waals surface area contributed by atoms with E-state index in [-0.39, 0.29) is 12.3 Å². The summed E-state index contributed by atoms with van der Waals surface area (Å²) in [5, 5.41) is 5.76. The lowest BCUT2D eigenvalue weighted by Crippen LogP contribution is -2.53. The third kappa shape index (κ3) is 6.40. The molecule has 0 radical (unpaired) electrons. The Labute approximate surface area is 217 Å². The normalized spacial score (nSPS) is 16.4. The van der Waals surface area contributed by atoms with E-state index in [1.54, 1.807) is 37.4 Å². The lowest BCUT2D eigenvalue weighted by molar-refractivity contribution is -0.129. The Kier molecular flexibility index (Phi) is 8.68. The van der Waals surface area contributed by atoms with Crippen LogP contribution in [-0.4, -0.2) is 52.0 Å². The highest BCUT2D eigenvalue weighted by Crippen LogP contribution is 2.29. The molecule has 2 atom stereocenters. The van der Waals surface area contributed by atoms with Crippen molar-refractivity contribution in [3.63, 3.8) is 0 Å². The average molecular weight is 508 g/mol. The number of rotatable bonds is 8. The molecule has 0 saturated heterocycles. The highest BCUT2D eigenvalue weighted by atomic mass is 32.1. The molecule has 190 valence electrons. The molecule has 1 aromatic carbocycles. The van der Waals surface area contributed by atoms with Gasteiger partial charge in [0.25, 0.3) is 5.91 Å². The van der Waals surface area contributed by atoms with E-state index in [2.05, 4.69) is 20.6 Å². The maximum Gasteiger partial charge on any atom is 0.272 e. The molecule has 0 aliphatic carbocycles. The van der Waals surface area contributed by atoms with Crippen molar-refractivity contribution in [3.8, 4) is 0 Å². The first-order valence-electron chi connectivity index (χ1n) is 12.1. The van der Waals surface area contributed by atoms with Crippen LogP contribution in [0.5, 0.6) is 0 Å². The highest BCUT2D eigenvalue weighted by molar-refractivity contribution is 7.80. The molecule has 1 unspecified atom stereocenters. The number of ketones is 1. The van der Waals surface area contributed by atoms with Gasteiger partial charge in [-0.3, -0.25) is 19.4 Å². The number of carbonyl (C=O) groups is 3. The lowest BCUT2D eigenvalue weighted by Gasteiger charge is -2.28. The first kappa shape index (κ1) is 27.1. The minimum atomic E-state index is -1.25. The predicted octanol–water partition coefficient (Wildman–Crippen LogP) is 3.43. The number of pyridine rings is 1. The lowest BCUT2D eigenvalue weighted by atomic mass is 9.90. The maximum absolute atomic E-state index is 13.8.